The molecule has 2 aromatic rings. The number of sulfonamides is 1. The van der Waals surface area contributed by atoms with Gasteiger partial charge in [-0.05, 0) is 25.8 Å². The number of rotatable bonds is 3. The molecule has 0 atom stereocenters. The molecule has 0 spiro atoms. The van der Waals surface area contributed by atoms with Crippen molar-refractivity contribution in [3.63, 3.8) is 0 Å². The minimum absolute atomic E-state index is 0.0184. The van der Waals surface area contributed by atoms with Crippen LogP contribution in [0.2, 0.25) is 0 Å². The molecule has 1 aliphatic rings. The molecule has 1 fully saturated rings. The number of aryl methyl sites for hydroxylation is 2. The zero-order valence-electron chi connectivity index (χ0n) is 11.1. The first-order chi connectivity index (χ1) is 9.38. The Bertz CT molecular complexity index is 805. The van der Waals surface area contributed by atoms with Gasteiger partial charge in [0.15, 0.2) is 5.65 Å². The van der Waals surface area contributed by atoms with Crippen LogP contribution in [0.1, 0.15) is 18.5 Å². The lowest BCUT2D eigenvalue weighted by Crippen LogP contribution is -2.31. The normalized spacial score (nSPS) is 15.5. The molecule has 0 saturated heterocycles. The summed E-state index contributed by atoms with van der Waals surface area (Å²) in [6.07, 6.45) is 2.74. The van der Waals surface area contributed by atoms with E-state index in [4.69, 9.17) is 0 Å². The lowest BCUT2D eigenvalue weighted by atomic mass is 10.3. The fourth-order valence-electron chi connectivity index (χ4n) is 2.06. The highest BCUT2D eigenvalue weighted by molar-refractivity contribution is 7.90. The van der Waals surface area contributed by atoms with Crippen LogP contribution in [-0.2, 0) is 21.9 Å². The number of aromatic nitrogens is 3. The number of pyridine rings is 1. The van der Waals surface area contributed by atoms with Gasteiger partial charge in [-0.3, -0.25) is 9.48 Å². The van der Waals surface area contributed by atoms with Crippen molar-refractivity contribution in [3.05, 3.63) is 18.0 Å². The zero-order chi connectivity index (χ0) is 14.5. The Balaban J connectivity index is 2.00. The van der Waals surface area contributed by atoms with Crippen LogP contribution >= 0.6 is 0 Å². The van der Waals surface area contributed by atoms with Gasteiger partial charge in [-0.1, -0.05) is 0 Å². The van der Waals surface area contributed by atoms with E-state index in [9.17, 15) is 13.2 Å². The number of fused-ring (bicyclic) bond motifs is 1. The molecule has 1 saturated carbocycles. The van der Waals surface area contributed by atoms with E-state index in [1.54, 1.807) is 18.7 Å². The van der Waals surface area contributed by atoms with Gasteiger partial charge in [-0.15, -0.1) is 0 Å². The van der Waals surface area contributed by atoms with E-state index in [-0.39, 0.29) is 10.8 Å². The highest BCUT2D eigenvalue weighted by Crippen LogP contribution is 2.29. The maximum absolute atomic E-state index is 12.1. The summed E-state index contributed by atoms with van der Waals surface area (Å²) in [5.74, 6) is -0.602. The summed E-state index contributed by atoms with van der Waals surface area (Å²) >= 11 is 0. The molecule has 1 aliphatic carbocycles. The van der Waals surface area contributed by atoms with Gasteiger partial charge in [0.25, 0.3) is 10.0 Å². The largest absolute Gasteiger partial charge is 0.274 e. The van der Waals surface area contributed by atoms with Crippen LogP contribution in [0.5, 0.6) is 0 Å². The Morgan fingerprint density at radius 3 is 2.80 bits per heavy atom. The standard InChI is InChI=1S/C12H14N4O3S/c1-7-10-5-9(6-13-11(10)16(2)14-7)20(18,19)15-12(17)8-3-4-8/h5-6,8H,3-4H2,1-2H3,(H,15,17). The van der Waals surface area contributed by atoms with Gasteiger partial charge < -0.3 is 0 Å². The predicted octanol–water partition coefficient (Wildman–Crippen LogP) is 0.492. The number of hydrogen-bond acceptors (Lipinski definition) is 5. The monoisotopic (exact) mass is 294 g/mol. The second-order valence-corrected chi connectivity index (χ2v) is 6.68. The van der Waals surface area contributed by atoms with Crippen LogP contribution in [-0.4, -0.2) is 29.1 Å². The first-order valence-electron chi connectivity index (χ1n) is 6.24. The van der Waals surface area contributed by atoms with E-state index < -0.39 is 15.9 Å². The molecule has 0 aromatic carbocycles. The van der Waals surface area contributed by atoms with Crippen LogP contribution < -0.4 is 4.72 Å². The Morgan fingerprint density at radius 1 is 1.45 bits per heavy atom. The maximum atomic E-state index is 12.1. The minimum Gasteiger partial charge on any atom is -0.274 e. The lowest BCUT2D eigenvalue weighted by Gasteiger charge is -2.06. The van der Waals surface area contributed by atoms with Gasteiger partial charge in [0.05, 0.1) is 5.69 Å². The summed E-state index contributed by atoms with van der Waals surface area (Å²) in [5, 5.41) is 4.85. The predicted molar refractivity (Wildman–Crippen MR) is 71.3 cm³/mol. The van der Waals surface area contributed by atoms with Crippen molar-refractivity contribution in [2.45, 2.75) is 24.7 Å². The third kappa shape index (κ3) is 2.15. The Hall–Kier alpha value is -1.96. The molecule has 1 amide bonds. The molecule has 0 aliphatic heterocycles. The van der Waals surface area contributed by atoms with Crippen LogP contribution in [0.25, 0.3) is 11.0 Å². The topological polar surface area (TPSA) is 93.9 Å². The molecular formula is C12H14N4O3S. The fourth-order valence-corrected chi connectivity index (χ4v) is 3.07. The second kappa shape index (κ2) is 4.27. The van der Waals surface area contributed by atoms with Crippen molar-refractivity contribution in [1.29, 1.82) is 0 Å². The zero-order valence-corrected chi connectivity index (χ0v) is 11.9. The van der Waals surface area contributed by atoms with Crippen molar-refractivity contribution < 1.29 is 13.2 Å². The van der Waals surface area contributed by atoms with Crippen LogP contribution in [0.3, 0.4) is 0 Å². The van der Waals surface area contributed by atoms with E-state index in [1.807, 2.05) is 0 Å². The molecule has 0 bridgehead atoms. The molecule has 106 valence electrons. The Labute approximate surface area is 116 Å². The molecule has 0 radical (unpaired) electrons. The maximum Gasteiger partial charge on any atom is 0.265 e. The average Bonchev–Trinajstić information content (AvgIpc) is 3.18. The number of nitrogens with one attached hydrogen (secondary N) is 1. The van der Waals surface area contributed by atoms with E-state index in [0.717, 1.165) is 12.8 Å². The molecule has 8 heteroatoms. The van der Waals surface area contributed by atoms with Gasteiger partial charge in [-0.2, -0.15) is 5.10 Å². The third-order valence-corrected chi connectivity index (χ3v) is 4.65. The number of nitrogens with zero attached hydrogens (tertiary/aromatic N) is 3. The number of carbonyl (C=O) groups excluding carboxylic acids is 1. The number of amides is 1. The van der Waals surface area contributed by atoms with Crippen molar-refractivity contribution in [1.82, 2.24) is 19.5 Å². The summed E-state index contributed by atoms with van der Waals surface area (Å²) in [5.41, 5.74) is 1.30. The van der Waals surface area contributed by atoms with Crippen molar-refractivity contribution in [2.75, 3.05) is 0 Å². The summed E-state index contributed by atoms with van der Waals surface area (Å²) in [7, 11) is -2.12. The molecule has 1 N–H and O–H groups in total. The quantitative estimate of drug-likeness (QED) is 0.889. The molecule has 0 unspecified atom stereocenters. The van der Waals surface area contributed by atoms with Crippen molar-refractivity contribution in [3.8, 4) is 0 Å². The van der Waals surface area contributed by atoms with Crippen LogP contribution in [0.4, 0.5) is 0 Å². The molecule has 3 rings (SSSR count). The van der Waals surface area contributed by atoms with Crippen LogP contribution in [0.15, 0.2) is 17.2 Å². The summed E-state index contributed by atoms with van der Waals surface area (Å²) < 4.78 is 28.0. The lowest BCUT2D eigenvalue weighted by molar-refractivity contribution is -0.120. The summed E-state index contributed by atoms with van der Waals surface area (Å²) in [4.78, 5) is 15.7. The SMILES string of the molecule is Cc1nn(C)c2ncc(S(=O)(=O)NC(=O)C3CC3)cc12. The Kier molecular flexibility index (Phi) is 2.79. The highest BCUT2D eigenvalue weighted by atomic mass is 32.2. The van der Waals surface area contributed by atoms with Gasteiger partial charge in [0.1, 0.15) is 4.90 Å². The average molecular weight is 294 g/mol. The van der Waals surface area contributed by atoms with E-state index in [2.05, 4.69) is 14.8 Å². The number of hydrogen-bond donors (Lipinski definition) is 1. The fraction of sp³-hybridized carbons (Fsp3) is 0.417. The first kappa shape index (κ1) is 13.0. The summed E-state index contributed by atoms with van der Waals surface area (Å²) in [6, 6.07) is 1.49. The van der Waals surface area contributed by atoms with Crippen LogP contribution in [0, 0.1) is 12.8 Å². The molecular weight excluding hydrogens is 280 g/mol. The first-order valence-corrected chi connectivity index (χ1v) is 7.73. The molecule has 2 aromatic heterocycles. The number of carbonyl (C=O) groups is 1. The van der Waals surface area contributed by atoms with E-state index >= 15 is 0 Å². The highest BCUT2D eigenvalue weighted by Gasteiger charge is 2.32. The van der Waals surface area contributed by atoms with E-state index in [1.165, 1.54) is 12.3 Å². The van der Waals surface area contributed by atoms with Gasteiger partial charge in [0.2, 0.25) is 5.91 Å². The van der Waals surface area contributed by atoms with E-state index in [0.29, 0.717) is 16.7 Å². The second-order valence-electron chi connectivity index (χ2n) is 5.00. The molecule has 7 nitrogen and oxygen atoms in total. The summed E-state index contributed by atoms with van der Waals surface area (Å²) in [6.45, 7) is 1.78. The van der Waals surface area contributed by atoms with Crippen molar-refractivity contribution >= 4 is 27.0 Å². The Morgan fingerprint density at radius 2 is 2.15 bits per heavy atom. The van der Waals surface area contributed by atoms with Gasteiger partial charge in [-0.25, -0.2) is 18.1 Å². The third-order valence-electron chi connectivity index (χ3n) is 3.33. The molecule has 2 heterocycles. The smallest absolute Gasteiger partial charge is 0.265 e. The van der Waals surface area contributed by atoms with Crippen molar-refractivity contribution in [2.24, 2.45) is 13.0 Å². The molecule has 20 heavy (non-hydrogen) atoms. The van der Waals surface area contributed by atoms with Gasteiger partial charge >= 0.3 is 0 Å². The minimum atomic E-state index is -3.86. The van der Waals surface area contributed by atoms with Gasteiger partial charge in [0, 0.05) is 24.5 Å².